The first kappa shape index (κ1) is 19.0. The van der Waals surface area contributed by atoms with Crippen molar-refractivity contribution in [3.63, 3.8) is 0 Å². The van der Waals surface area contributed by atoms with Crippen molar-refractivity contribution in [1.29, 1.82) is 5.26 Å². The molecule has 0 saturated carbocycles. The summed E-state index contributed by atoms with van der Waals surface area (Å²) in [5.41, 5.74) is 0.944. The van der Waals surface area contributed by atoms with Gasteiger partial charge in [0.2, 0.25) is 0 Å². The van der Waals surface area contributed by atoms with E-state index in [9.17, 15) is 10.1 Å². The fraction of sp³-hybridized carbons (Fsp3) is 0.500. The smallest absolute Gasteiger partial charge is 0.331 e. The third kappa shape index (κ3) is 5.33. The number of hydrogen-bond donors (Lipinski definition) is 1. The highest BCUT2D eigenvalue weighted by molar-refractivity contribution is 5.87. The van der Waals surface area contributed by atoms with Crippen molar-refractivity contribution >= 4 is 12.0 Å². The first-order chi connectivity index (χ1) is 11.6. The van der Waals surface area contributed by atoms with Crippen molar-refractivity contribution in [3.05, 3.63) is 35.4 Å². The van der Waals surface area contributed by atoms with Gasteiger partial charge in [0.25, 0.3) is 0 Å². The summed E-state index contributed by atoms with van der Waals surface area (Å²) in [6, 6.07) is 7.25. The third-order valence-corrected chi connectivity index (χ3v) is 4.22. The number of methoxy groups -OCH3 is 1. The molecule has 5 nitrogen and oxygen atoms in total. The first-order valence-corrected chi connectivity index (χ1v) is 8.40. The molecular formula is C20H26N2O3. The predicted octanol–water partition coefficient (Wildman–Crippen LogP) is 3.43. The molecule has 0 atom stereocenters. The standard InChI is InChI=1S/C20H26N2O3/c1-19(2)11-17(12-20(3,4)22-19)25-18(23)9-7-14-6-8-16(24-5)10-15(14)13-21/h6-10,17,22H,11-12H2,1-5H3. The predicted molar refractivity (Wildman–Crippen MR) is 97.2 cm³/mol. The van der Waals surface area contributed by atoms with Gasteiger partial charge in [0.05, 0.1) is 18.7 Å². The summed E-state index contributed by atoms with van der Waals surface area (Å²) in [5.74, 6) is 0.216. The molecule has 1 aromatic carbocycles. The van der Waals surface area contributed by atoms with Gasteiger partial charge in [0, 0.05) is 30.0 Å². The fourth-order valence-electron chi connectivity index (χ4n) is 3.58. The van der Waals surface area contributed by atoms with Crippen LogP contribution in [0.5, 0.6) is 5.75 Å². The molecule has 2 rings (SSSR count). The molecule has 0 aliphatic carbocycles. The van der Waals surface area contributed by atoms with Crippen LogP contribution >= 0.6 is 0 Å². The van der Waals surface area contributed by atoms with Crippen molar-refractivity contribution < 1.29 is 14.3 Å². The Morgan fingerprint density at radius 1 is 1.28 bits per heavy atom. The molecule has 0 amide bonds. The highest BCUT2D eigenvalue weighted by atomic mass is 16.5. The van der Waals surface area contributed by atoms with Crippen LogP contribution in [0.2, 0.25) is 0 Å². The third-order valence-electron chi connectivity index (χ3n) is 4.22. The van der Waals surface area contributed by atoms with Crippen LogP contribution in [0.15, 0.2) is 24.3 Å². The summed E-state index contributed by atoms with van der Waals surface area (Å²) < 4.78 is 10.7. The number of hydrogen-bond acceptors (Lipinski definition) is 5. The summed E-state index contributed by atoms with van der Waals surface area (Å²) in [7, 11) is 1.55. The molecule has 1 heterocycles. The minimum atomic E-state index is -0.391. The zero-order valence-electron chi connectivity index (χ0n) is 15.6. The molecule has 0 unspecified atom stereocenters. The van der Waals surface area contributed by atoms with Crippen molar-refractivity contribution in [3.8, 4) is 11.8 Å². The molecule has 1 aliphatic heterocycles. The average Bonchev–Trinajstić information content (AvgIpc) is 2.49. The van der Waals surface area contributed by atoms with Crippen molar-refractivity contribution in [1.82, 2.24) is 5.32 Å². The van der Waals surface area contributed by atoms with E-state index >= 15 is 0 Å². The minimum Gasteiger partial charge on any atom is -0.497 e. The van der Waals surface area contributed by atoms with Crippen LogP contribution in [0, 0.1) is 11.3 Å². The van der Waals surface area contributed by atoms with E-state index in [0.29, 0.717) is 16.9 Å². The van der Waals surface area contributed by atoms with E-state index < -0.39 is 5.97 Å². The van der Waals surface area contributed by atoms with E-state index in [1.807, 2.05) is 0 Å². The van der Waals surface area contributed by atoms with E-state index in [0.717, 1.165) is 12.8 Å². The summed E-state index contributed by atoms with van der Waals surface area (Å²) >= 11 is 0. The summed E-state index contributed by atoms with van der Waals surface area (Å²) in [5, 5.41) is 12.8. The monoisotopic (exact) mass is 342 g/mol. The number of carbonyl (C=O) groups excluding carboxylic acids is 1. The molecule has 1 N–H and O–H groups in total. The van der Waals surface area contributed by atoms with Crippen LogP contribution in [0.3, 0.4) is 0 Å². The van der Waals surface area contributed by atoms with Gasteiger partial charge in [-0.25, -0.2) is 4.79 Å². The minimum absolute atomic E-state index is 0.0830. The van der Waals surface area contributed by atoms with Gasteiger partial charge < -0.3 is 14.8 Å². The molecule has 0 bridgehead atoms. The number of nitriles is 1. The maximum atomic E-state index is 12.2. The summed E-state index contributed by atoms with van der Waals surface area (Å²) in [6.07, 6.45) is 4.39. The second-order valence-corrected chi connectivity index (χ2v) is 7.76. The van der Waals surface area contributed by atoms with Gasteiger partial charge >= 0.3 is 5.97 Å². The van der Waals surface area contributed by atoms with Crippen LogP contribution in [-0.2, 0) is 9.53 Å². The van der Waals surface area contributed by atoms with Gasteiger partial charge in [0.1, 0.15) is 11.9 Å². The number of nitrogens with zero attached hydrogens (tertiary/aromatic N) is 1. The molecule has 5 heteroatoms. The molecule has 134 valence electrons. The normalized spacial score (nSPS) is 19.4. The average molecular weight is 342 g/mol. The Morgan fingerprint density at radius 2 is 1.92 bits per heavy atom. The Morgan fingerprint density at radius 3 is 2.48 bits per heavy atom. The zero-order chi connectivity index (χ0) is 18.7. The Balaban J connectivity index is 2.05. The Kier molecular flexibility index (Phi) is 5.54. The summed E-state index contributed by atoms with van der Waals surface area (Å²) in [4.78, 5) is 12.2. The molecule has 1 saturated heterocycles. The van der Waals surface area contributed by atoms with E-state index in [1.165, 1.54) is 6.08 Å². The number of benzene rings is 1. The molecule has 1 fully saturated rings. The Labute approximate surface area is 149 Å². The van der Waals surface area contributed by atoms with Gasteiger partial charge in [0.15, 0.2) is 0 Å². The van der Waals surface area contributed by atoms with Crippen LogP contribution in [0.4, 0.5) is 0 Å². The lowest BCUT2D eigenvalue weighted by molar-refractivity contribution is -0.146. The number of piperidine rings is 1. The SMILES string of the molecule is COc1ccc(C=CC(=O)OC2CC(C)(C)NC(C)(C)C2)c(C#N)c1. The van der Waals surface area contributed by atoms with E-state index in [4.69, 9.17) is 9.47 Å². The lowest BCUT2D eigenvalue weighted by Crippen LogP contribution is -2.59. The number of ether oxygens (including phenoxy) is 2. The number of rotatable bonds is 4. The number of carbonyl (C=O) groups is 1. The van der Waals surface area contributed by atoms with Crippen LogP contribution in [0.1, 0.15) is 51.7 Å². The maximum Gasteiger partial charge on any atom is 0.331 e. The van der Waals surface area contributed by atoms with Crippen molar-refractivity contribution in [2.24, 2.45) is 0 Å². The molecule has 25 heavy (non-hydrogen) atoms. The van der Waals surface area contributed by atoms with E-state index in [-0.39, 0.29) is 17.2 Å². The second-order valence-electron chi connectivity index (χ2n) is 7.76. The first-order valence-electron chi connectivity index (χ1n) is 8.40. The molecule has 0 aromatic heterocycles. The second kappa shape index (κ2) is 7.28. The highest BCUT2D eigenvalue weighted by Crippen LogP contribution is 2.30. The molecular weight excluding hydrogens is 316 g/mol. The molecule has 1 aromatic rings. The molecule has 0 radical (unpaired) electrons. The maximum absolute atomic E-state index is 12.2. The van der Waals surface area contributed by atoms with Crippen LogP contribution in [-0.4, -0.2) is 30.3 Å². The van der Waals surface area contributed by atoms with Gasteiger partial charge in [-0.05, 0) is 57.5 Å². The lowest BCUT2D eigenvalue weighted by Gasteiger charge is -2.45. The quantitative estimate of drug-likeness (QED) is 0.670. The number of esters is 1. The van der Waals surface area contributed by atoms with E-state index in [2.05, 4.69) is 39.1 Å². The van der Waals surface area contributed by atoms with Gasteiger partial charge in [-0.15, -0.1) is 0 Å². The van der Waals surface area contributed by atoms with E-state index in [1.54, 1.807) is 31.4 Å². The van der Waals surface area contributed by atoms with Gasteiger partial charge in [-0.3, -0.25) is 0 Å². The Hall–Kier alpha value is -2.32. The summed E-state index contributed by atoms with van der Waals surface area (Å²) in [6.45, 7) is 8.45. The zero-order valence-corrected chi connectivity index (χ0v) is 15.6. The van der Waals surface area contributed by atoms with Gasteiger partial charge in [-0.1, -0.05) is 0 Å². The molecule has 0 spiro atoms. The van der Waals surface area contributed by atoms with Crippen LogP contribution in [0.25, 0.3) is 6.08 Å². The Bertz CT molecular complexity index is 698. The van der Waals surface area contributed by atoms with Crippen LogP contribution < -0.4 is 10.1 Å². The van der Waals surface area contributed by atoms with Gasteiger partial charge in [-0.2, -0.15) is 5.26 Å². The van der Waals surface area contributed by atoms with Crippen molar-refractivity contribution in [2.75, 3.05) is 7.11 Å². The molecule has 1 aliphatic rings. The largest absolute Gasteiger partial charge is 0.497 e. The lowest BCUT2D eigenvalue weighted by atomic mass is 9.81. The number of nitrogens with one attached hydrogen (secondary N) is 1. The van der Waals surface area contributed by atoms with Crippen molar-refractivity contribution in [2.45, 2.75) is 57.7 Å². The highest BCUT2D eigenvalue weighted by Gasteiger charge is 2.39. The fourth-order valence-corrected chi connectivity index (χ4v) is 3.58. The topological polar surface area (TPSA) is 71.3 Å².